The van der Waals surface area contributed by atoms with Crippen molar-refractivity contribution < 1.29 is 0 Å². The van der Waals surface area contributed by atoms with E-state index in [2.05, 4.69) is 17.2 Å². The molecule has 1 aromatic carbocycles. The van der Waals surface area contributed by atoms with Crippen molar-refractivity contribution in [2.75, 3.05) is 11.1 Å². The third kappa shape index (κ3) is 2.60. The van der Waals surface area contributed by atoms with Crippen LogP contribution in [0.4, 0.5) is 11.4 Å². The highest BCUT2D eigenvalue weighted by molar-refractivity contribution is 7.11. The van der Waals surface area contributed by atoms with Gasteiger partial charge in [-0.15, -0.1) is 11.3 Å². The third-order valence-corrected chi connectivity index (χ3v) is 4.34. The highest BCUT2D eigenvalue weighted by Crippen LogP contribution is 2.32. The predicted molar refractivity (Wildman–Crippen MR) is 79.5 cm³/mol. The molecule has 2 rings (SSSR count). The molecule has 3 N–H and O–H groups in total. The SMILES string of the molecule is Cc1nc(C)c(C(C)Nc2cccc(Cl)c2N)s1. The third-order valence-electron chi connectivity index (χ3n) is 2.76. The van der Waals surface area contributed by atoms with Gasteiger partial charge >= 0.3 is 0 Å². The van der Waals surface area contributed by atoms with Crippen LogP contribution in [0.3, 0.4) is 0 Å². The van der Waals surface area contributed by atoms with Crippen molar-refractivity contribution in [3.63, 3.8) is 0 Å². The van der Waals surface area contributed by atoms with Crippen LogP contribution in [0.2, 0.25) is 5.02 Å². The normalized spacial score (nSPS) is 12.4. The molecule has 0 bridgehead atoms. The Balaban J connectivity index is 2.24. The lowest BCUT2D eigenvalue weighted by atomic mass is 10.2. The Morgan fingerprint density at radius 2 is 2.11 bits per heavy atom. The zero-order valence-corrected chi connectivity index (χ0v) is 12.2. The van der Waals surface area contributed by atoms with Gasteiger partial charge in [-0.05, 0) is 32.9 Å². The van der Waals surface area contributed by atoms with Crippen molar-refractivity contribution in [2.45, 2.75) is 26.8 Å². The van der Waals surface area contributed by atoms with Gasteiger partial charge in [-0.25, -0.2) is 4.98 Å². The van der Waals surface area contributed by atoms with E-state index in [0.29, 0.717) is 10.7 Å². The Morgan fingerprint density at radius 3 is 2.72 bits per heavy atom. The van der Waals surface area contributed by atoms with Crippen molar-refractivity contribution in [3.05, 3.63) is 38.8 Å². The first kappa shape index (κ1) is 13.2. The second-order valence-electron chi connectivity index (χ2n) is 4.25. The number of para-hydroxylation sites is 1. The van der Waals surface area contributed by atoms with Gasteiger partial charge in [0.1, 0.15) is 0 Å². The Bertz CT molecular complexity index is 565. The van der Waals surface area contributed by atoms with Crippen molar-refractivity contribution in [3.8, 4) is 0 Å². The summed E-state index contributed by atoms with van der Waals surface area (Å²) in [6.45, 7) is 6.14. The number of anilines is 2. The predicted octanol–water partition coefficient (Wildman–Crippen LogP) is 4.17. The maximum Gasteiger partial charge on any atom is 0.0900 e. The van der Waals surface area contributed by atoms with Gasteiger partial charge < -0.3 is 11.1 Å². The van der Waals surface area contributed by atoms with Crippen molar-refractivity contribution in [2.24, 2.45) is 0 Å². The van der Waals surface area contributed by atoms with E-state index >= 15 is 0 Å². The van der Waals surface area contributed by atoms with E-state index in [0.717, 1.165) is 16.4 Å². The van der Waals surface area contributed by atoms with Crippen LogP contribution in [-0.4, -0.2) is 4.98 Å². The van der Waals surface area contributed by atoms with Crippen molar-refractivity contribution in [1.82, 2.24) is 4.98 Å². The Morgan fingerprint density at radius 1 is 1.39 bits per heavy atom. The lowest BCUT2D eigenvalue weighted by Crippen LogP contribution is -2.08. The topological polar surface area (TPSA) is 50.9 Å². The largest absolute Gasteiger partial charge is 0.396 e. The number of hydrogen-bond acceptors (Lipinski definition) is 4. The van der Waals surface area contributed by atoms with E-state index in [9.17, 15) is 0 Å². The molecular formula is C13H16ClN3S. The highest BCUT2D eigenvalue weighted by Gasteiger charge is 2.14. The van der Waals surface area contributed by atoms with Gasteiger partial charge in [0.15, 0.2) is 0 Å². The number of benzene rings is 1. The molecule has 0 amide bonds. The van der Waals surface area contributed by atoms with E-state index in [1.54, 1.807) is 17.4 Å². The summed E-state index contributed by atoms with van der Waals surface area (Å²) in [4.78, 5) is 5.66. The van der Waals surface area contributed by atoms with Gasteiger partial charge in [0, 0.05) is 4.88 Å². The maximum atomic E-state index is 6.00. The molecule has 0 aliphatic heterocycles. The molecule has 0 saturated carbocycles. The number of aryl methyl sites for hydroxylation is 2. The van der Waals surface area contributed by atoms with Crippen LogP contribution in [0.15, 0.2) is 18.2 Å². The number of hydrogen-bond donors (Lipinski definition) is 2. The summed E-state index contributed by atoms with van der Waals surface area (Å²) >= 11 is 7.71. The first-order valence-electron chi connectivity index (χ1n) is 5.73. The number of nitrogens with two attached hydrogens (primary N) is 1. The summed E-state index contributed by atoms with van der Waals surface area (Å²) in [5.41, 5.74) is 8.46. The smallest absolute Gasteiger partial charge is 0.0900 e. The summed E-state index contributed by atoms with van der Waals surface area (Å²) in [5.74, 6) is 0. The molecular weight excluding hydrogens is 266 g/mol. The maximum absolute atomic E-state index is 6.00. The van der Waals surface area contributed by atoms with Gasteiger partial charge in [0.05, 0.1) is 33.1 Å². The van der Waals surface area contributed by atoms with Crippen LogP contribution in [0, 0.1) is 13.8 Å². The number of thiazole rings is 1. The minimum absolute atomic E-state index is 0.164. The summed E-state index contributed by atoms with van der Waals surface area (Å²) in [6, 6.07) is 5.77. The van der Waals surface area contributed by atoms with E-state index in [1.165, 1.54) is 4.88 Å². The average Bonchev–Trinajstić information content (AvgIpc) is 2.64. The average molecular weight is 282 g/mol. The molecule has 0 saturated heterocycles. The molecule has 0 spiro atoms. The molecule has 5 heteroatoms. The molecule has 96 valence electrons. The fourth-order valence-electron chi connectivity index (χ4n) is 1.91. The number of nitrogens with zero attached hydrogens (tertiary/aromatic N) is 1. The molecule has 1 unspecified atom stereocenters. The molecule has 3 nitrogen and oxygen atoms in total. The summed E-state index contributed by atoms with van der Waals surface area (Å²) < 4.78 is 0. The quantitative estimate of drug-likeness (QED) is 0.830. The summed E-state index contributed by atoms with van der Waals surface area (Å²) in [5, 5.41) is 5.03. The van der Waals surface area contributed by atoms with Crippen LogP contribution in [0.25, 0.3) is 0 Å². The molecule has 1 heterocycles. The summed E-state index contributed by atoms with van der Waals surface area (Å²) in [6.07, 6.45) is 0. The highest BCUT2D eigenvalue weighted by atomic mass is 35.5. The molecule has 0 radical (unpaired) electrons. The fourth-order valence-corrected chi connectivity index (χ4v) is 3.01. The Hall–Kier alpha value is -1.26. The van der Waals surface area contributed by atoms with Gasteiger partial charge in [-0.2, -0.15) is 0 Å². The minimum Gasteiger partial charge on any atom is -0.396 e. The minimum atomic E-state index is 0.164. The first-order chi connectivity index (χ1) is 8.49. The van der Waals surface area contributed by atoms with E-state index in [1.807, 2.05) is 26.0 Å². The van der Waals surface area contributed by atoms with Crippen LogP contribution in [0.1, 0.15) is 28.5 Å². The summed E-state index contributed by atoms with van der Waals surface area (Å²) in [7, 11) is 0. The molecule has 2 aromatic rings. The molecule has 1 atom stereocenters. The van der Waals surface area contributed by atoms with Crippen LogP contribution in [0.5, 0.6) is 0 Å². The molecule has 0 fully saturated rings. The van der Waals surface area contributed by atoms with Crippen LogP contribution < -0.4 is 11.1 Å². The molecule has 1 aromatic heterocycles. The van der Waals surface area contributed by atoms with Gasteiger partial charge in [-0.3, -0.25) is 0 Å². The lowest BCUT2D eigenvalue weighted by Gasteiger charge is -2.16. The van der Waals surface area contributed by atoms with Crippen molar-refractivity contribution in [1.29, 1.82) is 0 Å². The first-order valence-corrected chi connectivity index (χ1v) is 6.93. The van der Waals surface area contributed by atoms with Gasteiger partial charge in [0.25, 0.3) is 0 Å². The number of nitrogen functional groups attached to an aromatic ring is 1. The Labute approximate surface area is 116 Å². The zero-order valence-electron chi connectivity index (χ0n) is 10.6. The number of rotatable bonds is 3. The van der Waals surface area contributed by atoms with E-state index in [-0.39, 0.29) is 6.04 Å². The van der Waals surface area contributed by atoms with Gasteiger partial charge in [0.2, 0.25) is 0 Å². The second kappa shape index (κ2) is 5.16. The Kier molecular flexibility index (Phi) is 3.78. The number of nitrogens with one attached hydrogen (secondary N) is 1. The molecule has 18 heavy (non-hydrogen) atoms. The van der Waals surface area contributed by atoms with Crippen molar-refractivity contribution >= 4 is 34.3 Å². The van der Waals surface area contributed by atoms with Gasteiger partial charge in [-0.1, -0.05) is 17.7 Å². The second-order valence-corrected chi connectivity index (χ2v) is 5.89. The number of aromatic nitrogens is 1. The van der Waals surface area contributed by atoms with E-state index in [4.69, 9.17) is 17.3 Å². The van der Waals surface area contributed by atoms with Crippen LogP contribution >= 0.6 is 22.9 Å². The molecule has 0 aliphatic carbocycles. The fraction of sp³-hybridized carbons (Fsp3) is 0.308. The number of halogens is 1. The molecule has 0 aliphatic rings. The lowest BCUT2D eigenvalue weighted by molar-refractivity contribution is 0.890. The standard InChI is InChI=1S/C13H16ClN3S/c1-7-13(18-9(3)16-7)8(2)17-11-6-4-5-10(14)12(11)15/h4-6,8,17H,15H2,1-3H3. The van der Waals surface area contributed by atoms with Crippen LogP contribution in [-0.2, 0) is 0 Å². The monoisotopic (exact) mass is 281 g/mol. The zero-order chi connectivity index (χ0) is 13.3. The van der Waals surface area contributed by atoms with E-state index < -0.39 is 0 Å².